The standard InChI is InChI=1S/C16H18FNO3/c17-11-6-4-10(5-7-11)12-9-13(12)15(19)18-8-2-1-3-14(18)16(20)21/h4-7,12-14H,1-3,8-9H2,(H,20,21)/t12?,13?,14-/m1/s1. The molecule has 3 rings (SSSR count). The van der Waals surface area contributed by atoms with Crippen molar-refractivity contribution < 1.29 is 19.1 Å². The molecular weight excluding hydrogens is 273 g/mol. The van der Waals surface area contributed by atoms with E-state index in [1.54, 1.807) is 12.1 Å². The summed E-state index contributed by atoms with van der Waals surface area (Å²) in [7, 11) is 0. The van der Waals surface area contributed by atoms with Crippen LogP contribution in [0.2, 0.25) is 0 Å². The van der Waals surface area contributed by atoms with E-state index >= 15 is 0 Å². The van der Waals surface area contributed by atoms with E-state index in [1.165, 1.54) is 17.0 Å². The zero-order valence-electron chi connectivity index (χ0n) is 11.7. The molecule has 1 saturated carbocycles. The summed E-state index contributed by atoms with van der Waals surface area (Å²) >= 11 is 0. The van der Waals surface area contributed by atoms with Crippen LogP contribution >= 0.6 is 0 Å². The summed E-state index contributed by atoms with van der Waals surface area (Å²) in [6.45, 7) is 0.530. The predicted octanol–water partition coefficient (Wildman–Crippen LogP) is 2.39. The van der Waals surface area contributed by atoms with Crippen LogP contribution in [-0.2, 0) is 9.59 Å². The normalized spacial score (nSPS) is 28.2. The number of rotatable bonds is 3. The number of carboxylic acids is 1. The van der Waals surface area contributed by atoms with E-state index in [2.05, 4.69) is 0 Å². The van der Waals surface area contributed by atoms with Gasteiger partial charge in [0, 0.05) is 12.5 Å². The molecule has 1 N–H and O–H groups in total. The highest BCUT2D eigenvalue weighted by atomic mass is 19.1. The van der Waals surface area contributed by atoms with Gasteiger partial charge in [-0.3, -0.25) is 4.79 Å². The van der Waals surface area contributed by atoms with Crippen LogP contribution in [0.25, 0.3) is 0 Å². The highest BCUT2D eigenvalue weighted by molar-refractivity contribution is 5.87. The van der Waals surface area contributed by atoms with Gasteiger partial charge in [-0.2, -0.15) is 0 Å². The number of benzene rings is 1. The first kappa shape index (κ1) is 14.0. The van der Waals surface area contributed by atoms with Gasteiger partial charge in [-0.15, -0.1) is 0 Å². The Morgan fingerprint density at radius 1 is 1.19 bits per heavy atom. The van der Waals surface area contributed by atoms with Gasteiger partial charge in [0.05, 0.1) is 0 Å². The van der Waals surface area contributed by atoms with Crippen molar-refractivity contribution in [2.45, 2.75) is 37.6 Å². The number of hydrogen-bond donors (Lipinski definition) is 1. The molecule has 1 aliphatic carbocycles. The summed E-state index contributed by atoms with van der Waals surface area (Å²) in [6.07, 6.45) is 2.98. The maximum absolute atomic E-state index is 12.9. The van der Waals surface area contributed by atoms with E-state index in [4.69, 9.17) is 0 Å². The van der Waals surface area contributed by atoms with Gasteiger partial charge in [0.25, 0.3) is 0 Å². The highest BCUT2D eigenvalue weighted by Crippen LogP contribution is 2.49. The van der Waals surface area contributed by atoms with Crippen molar-refractivity contribution in [2.75, 3.05) is 6.54 Å². The van der Waals surface area contributed by atoms with Crippen LogP contribution in [-0.4, -0.2) is 34.5 Å². The SMILES string of the molecule is O=C(O)[C@H]1CCCCN1C(=O)C1CC1c1ccc(F)cc1. The fraction of sp³-hybridized carbons (Fsp3) is 0.500. The molecular formula is C16H18FNO3. The van der Waals surface area contributed by atoms with Gasteiger partial charge in [-0.1, -0.05) is 12.1 Å². The Kier molecular flexibility index (Phi) is 3.66. The fourth-order valence-electron chi connectivity index (χ4n) is 3.21. The van der Waals surface area contributed by atoms with Crippen molar-refractivity contribution >= 4 is 11.9 Å². The zero-order valence-corrected chi connectivity index (χ0v) is 11.7. The van der Waals surface area contributed by atoms with E-state index in [0.29, 0.717) is 13.0 Å². The van der Waals surface area contributed by atoms with E-state index < -0.39 is 12.0 Å². The quantitative estimate of drug-likeness (QED) is 0.930. The number of amides is 1. The molecule has 1 saturated heterocycles. The minimum atomic E-state index is -0.915. The third-order valence-corrected chi connectivity index (χ3v) is 4.48. The molecule has 112 valence electrons. The lowest BCUT2D eigenvalue weighted by Crippen LogP contribution is -2.48. The van der Waals surface area contributed by atoms with Crippen LogP contribution in [0.5, 0.6) is 0 Å². The Morgan fingerprint density at radius 2 is 1.90 bits per heavy atom. The number of nitrogens with zero attached hydrogens (tertiary/aromatic N) is 1. The van der Waals surface area contributed by atoms with E-state index in [9.17, 15) is 19.1 Å². The molecule has 21 heavy (non-hydrogen) atoms. The Bertz CT molecular complexity index is 557. The largest absolute Gasteiger partial charge is 0.480 e. The summed E-state index contributed by atoms with van der Waals surface area (Å²) in [5.41, 5.74) is 0.957. The minimum absolute atomic E-state index is 0.0589. The van der Waals surface area contributed by atoms with Gasteiger partial charge in [0.15, 0.2) is 0 Å². The van der Waals surface area contributed by atoms with Crippen molar-refractivity contribution in [3.63, 3.8) is 0 Å². The molecule has 0 bridgehead atoms. The first-order valence-corrected chi connectivity index (χ1v) is 7.36. The molecule has 1 heterocycles. The smallest absolute Gasteiger partial charge is 0.326 e. The van der Waals surface area contributed by atoms with Crippen LogP contribution in [0, 0.1) is 11.7 Å². The van der Waals surface area contributed by atoms with Gasteiger partial charge < -0.3 is 10.0 Å². The third-order valence-electron chi connectivity index (χ3n) is 4.48. The third kappa shape index (κ3) is 2.77. The summed E-state index contributed by atoms with van der Waals surface area (Å²) in [4.78, 5) is 25.3. The van der Waals surface area contributed by atoms with Crippen molar-refractivity contribution in [1.29, 1.82) is 0 Å². The first-order valence-electron chi connectivity index (χ1n) is 7.36. The molecule has 2 unspecified atom stereocenters. The van der Waals surface area contributed by atoms with Crippen molar-refractivity contribution in [3.8, 4) is 0 Å². The fourth-order valence-corrected chi connectivity index (χ4v) is 3.21. The number of hydrogen-bond acceptors (Lipinski definition) is 2. The number of carboxylic acid groups (broad SMARTS) is 1. The van der Waals surface area contributed by atoms with Crippen LogP contribution in [0.3, 0.4) is 0 Å². The summed E-state index contributed by atoms with van der Waals surface area (Å²) in [5.74, 6) is -1.30. The number of carbonyl (C=O) groups is 2. The molecule has 5 heteroatoms. The topological polar surface area (TPSA) is 57.6 Å². The second-order valence-corrected chi connectivity index (χ2v) is 5.88. The Hall–Kier alpha value is -1.91. The first-order chi connectivity index (χ1) is 10.1. The number of piperidine rings is 1. The van der Waals surface area contributed by atoms with E-state index in [1.807, 2.05) is 0 Å². The predicted molar refractivity (Wildman–Crippen MR) is 74.2 cm³/mol. The van der Waals surface area contributed by atoms with Gasteiger partial charge in [0.1, 0.15) is 11.9 Å². The van der Waals surface area contributed by atoms with Crippen molar-refractivity contribution in [1.82, 2.24) is 4.90 Å². The lowest BCUT2D eigenvalue weighted by atomic mass is 10.0. The molecule has 1 aromatic carbocycles. The maximum Gasteiger partial charge on any atom is 0.326 e. The van der Waals surface area contributed by atoms with Crippen LogP contribution in [0.4, 0.5) is 4.39 Å². The minimum Gasteiger partial charge on any atom is -0.480 e. The number of likely N-dealkylation sites (tertiary alicyclic amines) is 1. The average molecular weight is 291 g/mol. The van der Waals surface area contributed by atoms with Gasteiger partial charge in [-0.05, 0) is 49.3 Å². The molecule has 0 aromatic heterocycles. The number of carbonyl (C=O) groups excluding carboxylic acids is 1. The zero-order chi connectivity index (χ0) is 15.0. The van der Waals surface area contributed by atoms with Crippen LogP contribution in [0.15, 0.2) is 24.3 Å². The summed E-state index contributed by atoms with van der Waals surface area (Å²) in [5, 5.41) is 9.24. The molecule has 1 aromatic rings. The van der Waals surface area contributed by atoms with Gasteiger partial charge in [0.2, 0.25) is 5.91 Å². The molecule has 2 aliphatic rings. The highest BCUT2D eigenvalue weighted by Gasteiger charge is 2.48. The Balaban J connectivity index is 1.69. The summed E-state index contributed by atoms with van der Waals surface area (Å²) < 4.78 is 12.9. The summed E-state index contributed by atoms with van der Waals surface area (Å²) in [6, 6.07) is 5.53. The lowest BCUT2D eigenvalue weighted by molar-refractivity contribution is -0.152. The maximum atomic E-state index is 12.9. The second kappa shape index (κ2) is 5.47. The molecule has 0 radical (unpaired) electrons. The molecule has 0 spiro atoms. The second-order valence-electron chi connectivity index (χ2n) is 5.88. The molecule has 1 amide bonds. The van der Waals surface area contributed by atoms with Crippen LogP contribution in [0.1, 0.15) is 37.2 Å². The number of aliphatic carboxylic acids is 1. The molecule has 2 fully saturated rings. The van der Waals surface area contributed by atoms with E-state index in [-0.39, 0.29) is 23.6 Å². The van der Waals surface area contributed by atoms with Crippen molar-refractivity contribution in [2.24, 2.45) is 5.92 Å². The molecule has 4 nitrogen and oxygen atoms in total. The van der Waals surface area contributed by atoms with Gasteiger partial charge in [-0.25, -0.2) is 9.18 Å². The molecule has 3 atom stereocenters. The number of halogens is 1. The molecule has 1 aliphatic heterocycles. The lowest BCUT2D eigenvalue weighted by Gasteiger charge is -2.33. The monoisotopic (exact) mass is 291 g/mol. The average Bonchev–Trinajstić information content (AvgIpc) is 3.27. The van der Waals surface area contributed by atoms with Crippen molar-refractivity contribution in [3.05, 3.63) is 35.6 Å². The van der Waals surface area contributed by atoms with Gasteiger partial charge >= 0.3 is 5.97 Å². The Morgan fingerprint density at radius 3 is 2.57 bits per heavy atom. The Labute approximate surface area is 122 Å². The van der Waals surface area contributed by atoms with Crippen LogP contribution < -0.4 is 0 Å². The van der Waals surface area contributed by atoms with E-state index in [0.717, 1.165) is 24.8 Å².